The maximum Gasteiger partial charge on any atom is 0.270 e. The lowest BCUT2D eigenvalue weighted by molar-refractivity contribution is -0.114. The van der Waals surface area contributed by atoms with Gasteiger partial charge >= 0.3 is 0 Å². The molecule has 5 aromatic rings. The maximum atomic E-state index is 6.73. The molecule has 0 saturated heterocycles. The van der Waals surface area contributed by atoms with E-state index in [2.05, 4.69) is 120 Å². The van der Waals surface area contributed by atoms with Crippen molar-refractivity contribution >= 4 is 28.3 Å². The molecule has 0 radical (unpaired) electrons. The summed E-state index contributed by atoms with van der Waals surface area (Å²) in [6.07, 6.45) is 0. The Morgan fingerprint density at radius 1 is 0.615 bits per heavy atom. The third kappa shape index (κ3) is 3.39. The highest BCUT2D eigenvalue weighted by molar-refractivity contribution is 8.14. The highest BCUT2D eigenvalue weighted by Gasteiger charge is 2.67. The van der Waals surface area contributed by atoms with Gasteiger partial charge in [0.25, 0.3) is 5.23 Å². The molecular formula is C33H26N2O2S2. The lowest BCUT2D eigenvalue weighted by Gasteiger charge is -2.41. The van der Waals surface area contributed by atoms with Gasteiger partial charge in [0.15, 0.2) is 4.87 Å². The van der Waals surface area contributed by atoms with Crippen LogP contribution in [0.15, 0.2) is 126 Å². The molecule has 2 aliphatic heterocycles. The summed E-state index contributed by atoms with van der Waals surface area (Å²) in [5.41, 5.74) is 5.79. The monoisotopic (exact) mass is 546 g/mol. The molecule has 3 heterocycles. The van der Waals surface area contributed by atoms with E-state index in [1.54, 1.807) is 26.0 Å². The van der Waals surface area contributed by atoms with Crippen molar-refractivity contribution in [2.75, 3.05) is 14.2 Å². The van der Waals surface area contributed by atoms with Crippen LogP contribution in [0.5, 0.6) is 0 Å². The Kier molecular flexibility index (Phi) is 5.85. The SMILES string of the molecule is COC1=NN2C(OC)(c3ccccc3)c3c(-c4ccccc4)sc(-c4ccccc4)c3C2(c2ccccc2)S1. The normalized spacial score (nSPS) is 21.4. The van der Waals surface area contributed by atoms with Crippen LogP contribution in [0.2, 0.25) is 0 Å². The zero-order chi connectivity index (χ0) is 26.5. The van der Waals surface area contributed by atoms with Crippen molar-refractivity contribution in [1.29, 1.82) is 0 Å². The van der Waals surface area contributed by atoms with Crippen LogP contribution in [0.4, 0.5) is 0 Å². The van der Waals surface area contributed by atoms with Crippen LogP contribution in [-0.4, -0.2) is 24.5 Å². The van der Waals surface area contributed by atoms with Crippen molar-refractivity contribution in [3.63, 3.8) is 0 Å². The molecule has 0 bridgehead atoms. The van der Waals surface area contributed by atoms with Crippen LogP contribution < -0.4 is 0 Å². The number of benzene rings is 4. The molecule has 0 fully saturated rings. The average Bonchev–Trinajstić information content (AvgIpc) is 3.67. The summed E-state index contributed by atoms with van der Waals surface area (Å²) in [7, 11) is 3.48. The van der Waals surface area contributed by atoms with Gasteiger partial charge in [-0.2, -0.15) is 0 Å². The van der Waals surface area contributed by atoms with Crippen LogP contribution in [0.1, 0.15) is 22.3 Å². The summed E-state index contributed by atoms with van der Waals surface area (Å²) in [4.78, 5) is 1.67. The molecule has 192 valence electrons. The minimum absolute atomic E-state index is 0.605. The number of rotatable bonds is 5. The first-order valence-corrected chi connectivity index (χ1v) is 14.4. The van der Waals surface area contributed by atoms with E-state index in [-0.39, 0.29) is 0 Å². The number of hydrazone groups is 1. The molecule has 2 aliphatic rings. The van der Waals surface area contributed by atoms with E-state index >= 15 is 0 Å². The summed E-state index contributed by atoms with van der Waals surface area (Å²) in [6, 6.07) is 42.3. The fraction of sp³-hybridized carbons (Fsp3) is 0.121. The molecule has 2 atom stereocenters. The topological polar surface area (TPSA) is 34.1 Å². The summed E-state index contributed by atoms with van der Waals surface area (Å²) in [6.45, 7) is 0. The van der Waals surface area contributed by atoms with Crippen molar-refractivity contribution in [2.24, 2.45) is 5.10 Å². The molecule has 4 aromatic carbocycles. The predicted molar refractivity (Wildman–Crippen MR) is 161 cm³/mol. The molecule has 7 rings (SSSR count). The Labute approximate surface area is 236 Å². The van der Waals surface area contributed by atoms with Gasteiger partial charge in [0.2, 0.25) is 5.72 Å². The second kappa shape index (κ2) is 9.42. The van der Waals surface area contributed by atoms with Crippen molar-refractivity contribution in [2.45, 2.75) is 10.6 Å². The van der Waals surface area contributed by atoms with Gasteiger partial charge in [-0.15, -0.1) is 16.4 Å². The molecule has 0 N–H and O–H groups in total. The van der Waals surface area contributed by atoms with Crippen LogP contribution >= 0.6 is 23.1 Å². The zero-order valence-corrected chi connectivity index (χ0v) is 23.2. The van der Waals surface area contributed by atoms with Gasteiger partial charge < -0.3 is 9.47 Å². The molecule has 0 amide bonds. The van der Waals surface area contributed by atoms with E-state index in [1.165, 1.54) is 20.9 Å². The summed E-state index contributed by atoms with van der Waals surface area (Å²) in [5, 5.41) is 7.89. The summed E-state index contributed by atoms with van der Waals surface area (Å²) >= 11 is 3.45. The zero-order valence-electron chi connectivity index (χ0n) is 21.6. The number of methoxy groups -OCH3 is 2. The van der Waals surface area contributed by atoms with Gasteiger partial charge in [0.05, 0.1) is 7.11 Å². The van der Waals surface area contributed by atoms with Gasteiger partial charge in [-0.05, 0) is 28.5 Å². The Morgan fingerprint density at radius 2 is 1.10 bits per heavy atom. The van der Waals surface area contributed by atoms with E-state index in [0.717, 1.165) is 22.3 Å². The van der Waals surface area contributed by atoms with E-state index in [1.807, 2.05) is 17.4 Å². The van der Waals surface area contributed by atoms with Gasteiger partial charge in [-0.25, -0.2) is 5.01 Å². The van der Waals surface area contributed by atoms with Crippen molar-refractivity contribution in [3.8, 4) is 20.9 Å². The van der Waals surface area contributed by atoms with Crippen molar-refractivity contribution in [1.82, 2.24) is 5.01 Å². The molecular weight excluding hydrogens is 521 g/mol. The molecule has 1 aromatic heterocycles. The molecule has 0 spiro atoms. The summed E-state index contributed by atoms with van der Waals surface area (Å²) in [5.74, 6) is 0. The first-order valence-electron chi connectivity index (χ1n) is 12.8. The molecule has 2 unspecified atom stereocenters. The third-order valence-electron chi connectivity index (χ3n) is 7.47. The number of thioether (sulfide) groups is 1. The average molecular weight is 547 g/mol. The van der Waals surface area contributed by atoms with Crippen molar-refractivity contribution in [3.05, 3.63) is 144 Å². The Balaban J connectivity index is 1.68. The van der Waals surface area contributed by atoms with E-state index in [4.69, 9.17) is 14.6 Å². The number of hydrogen-bond acceptors (Lipinski definition) is 6. The second-order valence-electron chi connectivity index (χ2n) is 9.45. The second-order valence-corrected chi connectivity index (χ2v) is 11.6. The molecule has 6 heteroatoms. The quantitative estimate of drug-likeness (QED) is 0.223. The van der Waals surface area contributed by atoms with E-state index in [0.29, 0.717) is 5.23 Å². The molecule has 4 nitrogen and oxygen atoms in total. The molecule has 0 saturated carbocycles. The van der Waals surface area contributed by atoms with E-state index in [9.17, 15) is 0 Å². The Bertz CT molecular complexity index is 1660. The largest absolute Gasteiger partial charge is 0.475 e. The highest BCUT2D eigenvalue weighted by Crippen LogP contribution is 2.69. The number of nitrogens with zero attached hydrogens (tertiary/aromatic N) is 2. The van der Waals surface area contributed by atoms with Gasteiger partial charge in [0.1, 0.15) is 0 Å². The minimum Gasteiger partial charge on any atom is -0.475 e. The minimum atomic E-state index is -0.992. The van der Waals surface area contributed by atoms with Crippen LogP contribution in [0, 0.1) is 0 Å². The molecule has 0 aliphatic carbocycles. The van der Waals surface area contributed by atoms with Crippen LogP contribution in [-0.2, 0) is 20.1 Å². The lowest BCUT2D eigenvalue weighted by atomic mass is 9.89. The van der Waals surface area contributed by atoms with Gasteiger partial charge in [0, 0.05) is 33.6 Å². The van der Waals surface area contributed by atoms with Gasteiger partial charge in [-0.1, -0.05) is 121 Å². The number of ether oxygens (including phenoxy) is 2. The number of fused-ring (bicyclic) bond motifs is 3. The van der Waals surface area contributed by atoms with E-state index < -0.39 is 10.6 Å². The fourth-order valence-corrected chi connectivity index (χ4v) is 8.61. The van der Waals surface area contributed by atoms with Gasteiger partial charge in [-0.3, -0.25) is 0 Å². The third-order valence-corrected chi connectivity index (χ3v) is 10.1. The smallest absolute Gasteiger partial charge is 0.270 e. The van der Waals surface area contributed by atoms with Crippen LogP contribution in [0.25, 0.3) is 20.9 Å². The van der Waals surface area contributed by atoms with Crippen molar-refractivity contribution < 1.29 is 9.47 Å². The predicted octanol–water partition coefficient (Wildman–Crippen LogP) is 8.11. The number of thiophene rings is 1. The lowest BCUT2D eigenvalue weighted by Crippen LogP contribution is -2.47. The number of hydrogen-bond donors (Lipinski definition) is 0. The fourth-order valence-electron chi connectivity index (χ4n) is 5.87. The standard InChI is InChI=1S/C33H26N2O2S2/c1-36-31-34-35-32(37-2,25-19-11-5-12-20-25)27-28(33(35,39-31)26-21-13-6-14-22-26)30(24-17-9-4-10-18-24)38-29(27)23-15-7-3-8-16-23/h3-22H,1-2H3. The maximum absolute atomic E-state index is 6.73. The Hall–Kier alpha value is -3.84. The Morgan fingerprint density at radius 3 is 1.62 bits per heavy atom. The highest BCUT2D eigenvalue weighted by atomic mass is 32.2. The van der Waals surface area contributed by atoms with Crippen LogP contribution in [0.3, 0.4) is 0 Å². The first kappa shape index (κ1) is 24.2. The molecule has 39 heavy (non-hydrogen) atoms. The first-order chi connectivity index (χ1) is 19.2. The summed E-state index contributed by atoms with van der Waals surface area (Å²) < 4.78 is 12.6.